The lowest BCUT2D eigenvalue weighted by Gasteiger charge is -2.23. The van der Waals surface area contributed by atoms with E-state index >= 15 is 0 Å². The van der Waals surface area contributed by atoms with Crippen LogP contribution in [0.25, 0.3) is 11.5 Å². The summed E-state index contributed by atoms with van der Waals surface area (Å²) >= 11 is 1.43. The first-order valence-corrected chi connectivity index (χ1v) is 6.51. The van der Waals surface area contributed by atoms with Gasteiger partial charge in [0.15, 0.2) is 10.9 Å². The summed E-state index contributed by atoms with van der Waals surface area (Å²) in [6.45, 7) is 0. The smallest absolute Gasteiger partial charge is 0.229 e. The van der Waals surface area contributed by atoms with Gasteiger partial charge in [-0.05, 0) is 25.0 Å². The van der Waals surface area contributed by atoms with Gasteiger partial charge in [0.1, 0.15) is 5.69 Å². The van der Waals surface area contributed by atoms with Gasteiger partial charge in [0.25, 0.3) is 0 Å². The summed E-state index contributed by atoms with van der Waals surface area (Å²) < 4.78 is 5.25. The lowest BCUT2D eigenvalue weighted by molar-refractivity contribution is -0.122. The molecule has 88 valence electrons. The number of hydrogen-bond donors (Lipinski definition) is 1. The van der Waals surface area contributed by atoms with Crippen molar-refractivity contribution in [3.8, 4) is 11.5 Å². The molecule has 0 aliphatic heterocycles. The molecule has 0 spiro atoms. The van der Waals surface area contributed by atoms with Gasteiger partial charge in [-0.25, -0.2) is 4.98 Å². The topological polar surface area (TPSA) is 55.1 Å². The number of carbonyl (C=O) groups excluding carboxylic acids is 1. The van der Waals surface area contributed by atoms with E-state index in [1.165, 1.54) is 11.3 Å². The fourth-order valence-corrected chi connectivity index (χ4v) is 2.45. The van der Waals surface area contributed by atoms with Gasteiger partial charge in [0.2, 0.25) is 5.91 Å². The average molecular weight is 248 g/mol. The van der Waals surface area contributed by atoms with Gasteiger partial charge in [0, 0.05) is 11.3 Å². The molecule has 17 heavy (non-hydrogen) atoms. The molecule has 0 aromatic carbocycles. The molecule has 1 aliphatic rings. The minimum atomic E-state index is 0.0941. The molecule has 1 amide bonds. The van der Waals surface area contributed by atoms with Crippen LogP contribution in [-0.4, -0.2) is 10.9 Å². The Morgan fingerprint density at radius 3 is 3.06 bits per heavy atom. The van der Waals surface area contributed by atoms with Crippen LogP contribution in [0.1, 0.15) is 19.3 Å². The number of aromatic nitrogens is 1. The molecular weight excluding hydrogens is 236 g/mol. The van der Waals surface area contributed by atoms with Crippen LogP contribution in [0.2, 0.25) is 0 Å². The molecular formula is C12H12N2O2S. The number of furan rings is 1. The van der Waals surface area contributed by atoms with Crippen LogP contribution >= 0.6 is 11.3 Å². The van der Waals surface area contributed by atoms with Gasteiger partial charge in [-0.2, -0.15) is 0 Å². The summed E-state index contributed by atoms with van der Waals surface area (Å²) in [4.78, 5) is 16.0. The van der Waals surface area contributed by atoms with E-state index in [0.717, 1.165) is 30.7 Å². The number of carbonyl (C=O) groups is 1. The number of nitrogens with zero attached hydrogens (tertiary/aromatic N) is 1. The zero-order chi connectivity index (χ0) is 11.7. The maximum Gasteiger partial charge on any atom is 0.229 e. The third kappa shape index (κ3) is 2.10. The molecule has 1 N–H and O–H groups in total. The number of nitrogens with one attached hydrogen (secondary N) is 1. The number of rotatable bonds is 3. The molecule has 0 atom stereocenters. The first-order chi connectivity index (χ1) is 8.33. The predicted molar refractivity (Wildman–Crippen MR) is 65.8 cm³/mol. The van der Waals surface area contributed by atoms with Crippen LogP contribution in [-0.2, 0) is 4.79 Å². The number of amides is 1. The van der Waals surface area contributed by atoms with Gasteiger partial charge >= 0.3 is 0 Å². The van der Waals surface area contributed by atoms with Gasteiger partial charge in [-0.1, -0.05) is 6.42 Å². The molecule has 1 aliphatic carbocycles. The predicted octanol–water partition coefficient (Wildman–Crippen LogP) is 3.14. The fourth-order valence-electron chi connectivity index (χ4n) is 1.75. The molecule has 0 bridgehead atoms. The Balaban J connectivity index is 1.70. The van der Waals surface area contributed by atoms with E-state index in [4.69, 9.17) is 4.42 Å². The molecule has 2 heterocycles. The lowest BCUT2D eigenvalue weighted by atomic mass is 9.85. The highest BCUT2D eigenvalue weighted by Crippen LogP contribution is 2.29. The second-order valence-corrected chi connectivity index (χ2v) is 4.99. The molecule has 4 nitrogen and oxygen atoms in total. The Bertz CT molecular complexity index is 514. The molecule has 3 rings (SSSR count). The van der Waals surface area contributed by atoms with Crippen molar-refractivity contribution in [1.29, 1.82) is 0 Å². The van der Waals surface area contributed by atoms with Crippen LogP contribution in [0.5, 0.6) is 0 Å². The summed E-state index contributed by atoms with van der Waals surface area (Å²) in [5, 5.41) is 5.38. The third-order valence-electron chi connectivity index (χ3n) is 2.98. The zero-order valence-electron chi connectivity index (χ0n) is 9.18. The summed E-state index contributed by atoms with van der Waals surface area (Å²) in [6, 6.07) is 3.67. The van der Waals surface area contributed by atoms with Crippen LogP contribution in [0.3, 0.4) is 0 Å². The Kier molecular flexibility index (Phi) is 2.68. The number of hydrogen-bond acceptors (Lipinski definition) is 4. The van der Waals surface area contributed by atoms with Crippen LogP contribution < -0.4 is 5.32 Å². The Morgan fingerprint density at radius 1 is 1.53 bits per heavy atom. The number of anilines is 1. The Labute approximate surface area is 103 Å². The maximum atomic E-state index is 11.7. The molecule has 2 aromatic rings. The van der Waals surface area contributed by atoms with Crippen molar-refractivity contribution in [3.05, 3.63) is 23.8 Å². The molecule has 0 unspecified atom stereocenters. The molecule has 0 radical (unpaired) electrons. The van der Waals surface area contributed by atoms with E-state index in [9.17, 15) is 4.79 Å². The van der Waals surface area contributed by atoms with Crippen LogP contribution in [0, 0.1) is 5.92 Å². The van der Waals surface area contributed by atoms with Gasteiger partial charge in [0.05, 0.1) is 6.26 Å². The van der Waals surface area contributed by atoms with Crippen molar-refractivity contribution in [3.63, 3.8) is 0 Å². The molecule has 0 saturated heterocycles. The quantitative estimate of drug-likeness (QED) is 0.907. The van der Waals surface area contributed by atoms with E-state index in [0.29, 0.717) is 5.13 Å². The average Bonchev–Trinajstić information content (AvgIpc) is 2.82. The minimum Gasteiger partial charge on any atom is -0.463 e. The maximum absolute atomic E-state index is 11.7. The van der Waals surface area contributed by atoms with E-state index in [2.05, 4.69) is 10.3 Å². The normalized spacial score (nSPS) is 15.5. The second kappa shape index (κ2) is 4.33. The van der Waals surface area contributed by atoms with Crippen molar-refractivity contribution in [2.45, 2.75) is 19.3 Å². The fraction of sp³-hybridized carbons (Fsp3) is 0.333. The highest BCUT2D eigenvalue weighted by Gasteiger charge is 2.25. The van der Waals surface area contributed by atoms with Gasteiger partial charge in [-0.15, -0.1) is 11.3 Å². The van der Waals surface area contributed by atoms with E-state index in [1.807, 2.05) is 17.5 Å². The third-order valence-corrected chi connectivity index (χ3v) is 3.74. The second-order valence-electron chi connectivity index (χ2n) is 4.13. The Morgan fingerprint density at radius 2 is 2.41 bits per heavy atom. The molecule has 2 aromatic heterocycles. The lowest BCUT2D eigenvalue weighted by Crippen LogP contribution is -2.27. The monoisotopic (exact) mass is 248 g/mol. The first kappa shape index (κ1) is 10.5. The number of thiazole rings is 1. The standard InChI is InChI=1S/C12H12N2O2S/c15-11(8-3-1-4-8)14-12-13-9(7-17-12)10-5-2-6-16-10/h2,5-8H,1,3-4H2,(H,13,14,15). The zero-order valence-corrected chi connectivity index (χ0v) is 10.00. The van der Waals surface area contributed by atoms with Crippen molar-refractivity contribution in [1.82, 2.24) is 4.98 Å². The summed E-state index contributed by atoms with van der Waals surface area (Å²) in [7, 11) is 0. The van der Waals surface area contributed by atoms with E-state index in [-0.39, 0.29) is 11.8 Å². The van der Waals surface area contributed by atoms with Crippen molar-refractivity contribution in [2.75, 3.05) is 5.32 Å². The van der Waals surface area contributed by atoms with Crippen molar-refractivity contribution >= 4 is 22.4 Å². The summed E-state index contributed by atoms with van der Waals surface area (Å²) in [5.74, 6) is 1.01. The van der Waals surface area contributed by atoms with Crippen molar-refractivity contribution in [2.24, 2.45) is 5.92 Å². The molecule has 1 fully saturated rings. The van der Waals surface area contributed by atoms with Crippen LogP contribution in [0.4, 0.5) is 5.13 Å². The van der Waals surface area contributed by atoms with Crippen molar-refractivity contribution < 1.29 is 9.21 Å². The largest absolute Gasteiger partial charge is 0.463 e. The van der Waals surface area contributed by atoms with Gasteiger partial charge < -0.3 is 9.73 Å². The molecule has 5 heteroatoms. The van der Waals surface area contributed by atoms with E-state index < -0.39 is 0 Å². The van der Waals surface area contributed by atoms with Crippen LogP contribution in [0.15, 0.2) is 28.2 Å². The summed E-state index contributed by atoms with van der Waals surface area (Å²) in [5.41, 5.74) is 0.768. The van der Waals surface area contributed by atoms with Gasteiger partial charge in [-0.3, -0.25) is 4.79 Å². The molecule has 1 saturated carbocycles. The SMILES string of the molecule is O=C(Nc1nc(-c2ccco2)cs1)C1CCC1. The first-order valence-electron chi connectivity index (χ1n) is 5.63. The minimum absolute atomic E-state index is 0.0941. The summed E-state index contributed by atoms with van der Waals surface area (Å²) in [6.07, 6.45) is 4.78. The highest BCUT2D eigenvalue weighted by molar-refractivity contribution is 7.14. The highest BCUT2D eigenvalue weighted by atomic mass is 32.1. The van der Waals surface area contributed by atoms with E-state index in [1.54, 1.807) is 6.26 Å². The Hall–Kier alpha value is -1.62.